The molecule has 0 saturated carbocycles. The van der Waals surface area contributed by atoms with E-state index in [2.05, 4.69) is 79.7 Å². The lowest BCUT2D eigenvalue weighted by Gasteiger charge is -2.50. The molecule has 4 bridgehead atoms. The molecule has 0 amide bonds. The first-order valence-electron chi connectivity index (χ1n) is 29.1. The zero-order valence-corrected chi connectivity index (χ0v) is 47.5. The van der Waals surface area contributed by atoms with E-state index in [1.54, 1.807) is 26.0 Å². The molecule has 4 N–H and O–H groups in total. The number of fused-ring (bicyclic) bond motifs is 4. The van der Waals surface area contributed by atoms with Crippen LogP contribution in [0.3, 0.4) is 0 Å². The third-order valence-corrected chi connectivity index (χ3v) is 18.8. The zero-order chi connectivity index (χ0) is 55.2. The quantitative estimate of drug-likeness (QED) is 0.144. The molecule has 77 heavy (non-hydrogen) atoms. The van der Waals surface area contributed by atoms with E-state index in [1.165, 1.54) is 11.1 Å². The zero-order valence-electron chi connectivity index (χ0n) is 47.5. The summed E-state index contributed by atoms with van der Waals surface area (Å²) in [5.41, 5.74) is 1.57. The molecule has 6 saturated heterocycles. The minimum Gasteiger partial charge on any atom is -0.462 e. The fraction of sp³-hybridized carbons (Fsp3) is 0.714. The lowest BCUT2D eigenvalue weighted by molar-refractivity contribution is -0.335. The van der Waals surface area contributed by atoms with Gasteiger partial charge in [-0.15, -0.1) is 0 Å². The van der Waals surface area contributed by atoms with Crippen LogP contribution in [0, 0.1) is 35.5 Å². The van der Waals surface area contributed by atoms with Crippen LogP contribution in [0.25, 0.3) is 0 Å². The maximum atomic E-state index is 13.9. The second-order valence-corrected chi connectivity index (χ2v) is 25.1. The van der Waals surface area contributed by atoms with Gasteiger partial charge in [-0.1, -0.05) is 107 Å². The molecule has 426 valence electrons. The van der Waals surface area contributed by atoms with E-state index < -0.39 is 83.2 Å². The van der Waals surface area contributed by atoms with Gasteiger partial charge in [-0.05, 0) is 126 Å². The second-order valence-electron chi connectivity index (χ2n) is 25.1. The molecular formula is C63H90O14. The Morgan fingerprint density at radius 2 is 1.04 bits per heavy atom. The maximum absolute atomic E-state index is 13.9. The molecule has 20 atom stereocenters. The van der Waals surface area contributed by atoms with Crippen molar-refractivity contribution < 1.29 is 67.9 Å². The molecular weight excluding hydrogens is 981 g/mol. The van der Waals surface area contributed by atoms with E-state index in [0.29, 0.717) is 71.6 Å². The number of esters is 2. The first-order chi connectivity index (χ1) is 36.5. The predicted molar refractivity (Wildman–Crippen MR) is 291 cm³/mol. The maximum Gasteiger partial charge on any atom is 0.316 e. The highest BCUT2D eigenvalue weighted by atomic mass is 16.7. The Morgan fingerprint density at radius 3 is 1.48 bits per heavy atom. The summed E-state index contributed by atoms with van der Waals surface area (Å²) in [5, 5.41) is 45.7. The Kier molecular flexibility index (Phi) is 17.7. The van der Waals surface area contributed by atoms with Gasteiger partial charge in [-0.2, -0.15) is 0 Å². The first-order valence-corrected chi connectivity index (χ1v) is 29.1. The van der Waals surface area contributed by atoms with Gasteiger partial charge in [-0.25, -0.2) is 0 Å². The van der Waals surface area contributed by atoms with Gasteiger partial charge < -0.3 is 58.3 Å². The fourth-order valence-electron chi connectivity index (χ4n) is 14.1. The summed E-state index contributed by atoms with van der Waals surface area (Å²) in [7, 11) is 0. The molecule has 14 heteroatoms. The van der Waals surface area contributed by atoms with Gasteiger partial charge in [-0.3, -0.25) is 9.59 Å². The molecule has 0 radical (unpaired) electrons. The van der Waals surface area contributed by atoms with Crippen LogP contribution in [-0.2, 0) is 47.5 Å². The van der Waals surface area contributed by atoms with Crippen LogP contribution in [0.2, 0.25) is 0 Å². The van der Waals surface area contributed by atoms with Crippen LogP contribution in [0.5, 0.6) is 0 Å². The molecule has 8 heterocycles. The Balaban J connectivity index is 0.000000188. The molecule has 0 aromatic rings. The third kappa shape index (κ3) is 12.1. The van der Waals surface area contributed by atoms with Crippen molar-refractivity contribution in [1.82, 2.24) is 0 Å². The smallest absolute Gasteiger partial charge is 0.316 e. The lowest BCUT2D eigenvalue weighted by Crippen LogP contribution is -2.58. The van der Waals surface area contributed by atoms with E-state index in [1.807, 2.05) is 24.3 Å². The first kappa shape index (κ1) is 58.1. The van der Waals surface area contributed by atoms with Gasteiger partial charge in [0.05, 0.1) is 37.6 Å². The Hall–Kier alpha value is -3.54. The Labute approximate surface area is 457 Å². The Bertz CT molecular complexity index is 2430. The van der Waals surface area contributed by atoms with E-state index >= 15 is 0 Å². The summed E-state index contributed by atoms with van der Waals surface area (Å²) in [5.74, 6) is -3.05. The molecule has 14 nitrogen and oxygen atoms in total. The summed E-state index contributed by atoms with van der Waals surface area (Å²) in [6.07, 6.45) is 24.5. The molecule has 2 aliphatic carbocycles. The average molecular weight is 1070 g/mol. The minimum absolute atomic E-state index is 0.0526. The van der Waals surface area contributed by atoms with E-state index in [0.717, 1.165) is 57.8 Å². The summed E-state index contributed by atoms with van der Waals surface area (Å²) < 4.78 is 50.6. The molecule has 8 aliphatic heterocycles. The number of carbonyl (C=O) groups is 2. The van der Waals surface area contributed by atoms with Crippen molar-refractivity contribution in [3.05, 3.63) is 94.2 Å². The van der Waals surface area contributed by atoms with Crippen LogP contribution >= 0.6 is 0 Å². The van der Waals surface area contributed by atoms with Gasteiger partial charge in [0, 0.05) is 38.5 Å². The third-order valence-electron chi connectivity index (χ3n) is 18.8. The van der Waals surface area contributed by atoms with Crippen molar-refractivity contribution in [2.75, 3.05) is 13.2 Å². The predicted octanol–water partition coefficient (Wildman–Crippen LogP) is 9.46. The van der Waals surface area contributed by atoms with Crippen LogP contribution in [0.4, 0.5) is 0 Å². The molecule has 0 aromatic heterocycles. The van der Waals surface area contributed by atoms with E-state index in [-0.39, 0.29) is 37.6 Å². The normalized spacial score (nSPS) is 49.2. The van der Waals surface area contributed by atoms with Gasteiger partial charge in [0.15, 0.2) is 11.6 Å². The van der Waals surface area contributed by atoms with Gasteiger partial charge >= 0.3 is 11.9 Å². The second kappa shape index (κ2) is 23.5. The van der Waals surface area contributed by atoms with Gasteiger partial charge in [0.1, 0.15) is 59.7 Å². The molecule has 10 aliphatic rings. The molecule has 2 spiro atoms. The average Bonchev–Trinajstić information content (AvgIpc) is 4.10. The van der Waals surface area contributed by atoms with Crippen LogP contribution < -0.4 is 0 Å². The van der Waals surface area contributed by atoms with Crippen molar-refractivity contribution in [3.63, 3.8) is 0 Å². The van der Waals surface area contributed by atoms with Crippen LogP contribution in [0.1, 0.15) is 153 Å². The number of hydrogen-bond donors (Lipinski definition) is 4. The summed E-state index contributed by atoms with van der Waals surface area (Å²) in [6.45, 7) is 21.1. The van der Waals surface area contributed by atoms with E-state index in [4.69, 9.17) is 37.9 Å². The monoisotopic (exact) mass is 1070 g/mol. The summed E-state index contributed by atoms with van der Waals surface area (Å²) in [4.78, 5) is 27.7. The van der Waals surface area contributed by atoms with Gasteiger partial charge in [0.2, 0.25) is 0 Å². The van der Waals surface area contributed by atoms with Crippen molar-refractivity contribution in [3.8, 4) is 0 Å². The standard InChI is InChI=1S/C32H46O7.C31H44O7/c1-6-27-21(4)12-13-31(39-27)17-25-16-24(38-31)11-10-20(3)14-19(2)8-7-9-23-18-36-29-28(33)22(5)15-26(30(34)37-25)32(23,29)35;1-18-7-6-8-23-17-35-28-27(32)21(4)14-26(31(23,28)34)29(33)36-25-15-24(10-9-19(2)13-18)38-30(16-25)12-11-20(3)22(5)37-30/h7-10,15,19,21,24-29,33,35H,6,11-14,16-18H2,1-5H3;6-9,14,18,20,22,24-28,32,34H,10-13,15-17H2,1-5H3/b8-7-,20-10-,23-9-;7-6-,19-9-,23-8-/t19-,21-,24+,25-,26-,27+,28+,29+,31+,32+;18-,20-,22+,24+,25-,26-,27+,28+,30-,31+/m00/s1. The number of ether oxygens (including phenoxy) is 8. The number of hydrogen-bond acceptors (Lipinski definition) is 14. The topological polar surface area (TPSA) is 189 Å². The van der Waals surface area contributed by atoms with Gasteiger partial charge in [0.25, 0.3) is 0 Å². The fourth-order valence-corrected chi connectivity index (χ4v) is 14.1. The Morgan fingerprint density at radius 1 is 0.597 bits per heavy atom. The largest absolute Gasteiger partial charge is 0.462 e. The van der Waals surface area contributed by atoms with Crippen molar-refractivity contribution in [2.24, 2.45) is 35.5 Å². The highest BCUT2D eigenvalue weighted by molar-refractivity contribution is 5.79. The number of carbonyl (C=O) groups excluding carboxylic acids is 2. The van der Waals surface area contributed by atoms with Crippen LogP contribution in [-0.4, -0.2) is 129 Å². The number of allylic oxidation sites excluding steroid dienone is 8. The number of aliphatic hydroxyl groups is 4. The highest BCUT2D eigenvalue weighted by Gasteiger charge is 2.62. The minimum atomic E-state index is -1.68. The van der Waals surface area contributed by atoms with Crippen molar-refractivity contribution in [1.29, 1.82) is 0 Å². The molecule has 0 aromatic carbocycles. The number of aliphatic hydroxyl groups excluding tert-OH is 2. The van der Waals surface area contributed by atoms with E-state index in [9.17, 15) is 30.0 Å². The highest BCUT2D eigenvalue weighted by Crippen LogP contribution is 2.50. The SMILES string of the molecule is CC1=C[C@H]2C(=O)O[C@H]3C[C@@H](C/C=C(/C)C[C@@H](C)/C=C\C=C4\CO[C@H]([C@@H]1O)[C@@]42O)O[C@@]1(CC[C@H](C)[C@@H](C)O1)C3.CC[C@H]1O[C@]2(CC[C@@H]1C)C[C@@H]1C[C@@H](C/C=C(/C)C[C@@H](C)/C=C\C=C3\CO[C@@H]4[C@H](O)C(C)=C[C@@H](C(=O)O1)[C@]34O)O2. The number of rotatable bonds is 1. The summed E-state index contributed by atoms with van der Waals surface area (Å²) >= 11 is 0. The van der Waals surface area contributed by atoms with Crippen molar-refractivity contribution >= 4 is 11.9 Å². The van der Waals surface area contributed by atoms with Crippen LogP contribution in [0.15, 0.2) is 94.2 Å². The lowest BCUT2D eigenvalue weighted by atomic mass is 9.71. The van der Waals surface area contributed by atoms with Crippen molar-refractivity contribution in [2.45, 2.75) is 237 Å². The molecule has 0 unspecified atom stereocenters. The molecule has 10 rings (SSSR count). The summed E-state index contributed by atoms with van der Waals surface area (Å²) in [6, 6.07) is 0. The molecule has 6 fully saturated rings.